The first kappa shape index (κ1) is 18.2. The Labute approximate surface area is 162 Å². The highest BCUT2D eigenvalue weighted by Crippen LogP contribution is 2.39. The van der Waals surface area contributed by atoms with Crippen LogP contribution in [-0.4, -0.2) is 51.6 Å². The molecule has 0 saturated carbocycles. The van der Waals surface area contributed by atoms with Crippen LogP contribution in [0.2, 0.25) is 0 Å². The van der Waals surface area contributed by atoms with E-state index in [1.807, 2.05) is 12.1 Å². The van der Waals surface area contributed by atoms with E-state index < -0.39 is 5.97 Å². The Balaban J connectivity index is 1.67. The van der Waals surface area contributed by atoms with Crippen LogP contribution in [0.3, 0.4) is 0 Å². The monoisotopic (exact) mass is 383 g/mol. The quantitative estimate of drug-likeness (QED) is 0.814. The van der Waals surface area contributed by atoms with Gasteiger partial charge in [-0.05, 0) is 35.9 Å². The second-order valence-corrected chi connectivity index (χ2v) is 6.50. The van der Waals surface area contributed by atoms with Crippen LogP contribution in [0.15, 0.2) is 30.3 Å². The number of hydrogen-bond acceptors (Lipinski definition) is 7. The fourth-order valence-corrected chi connectivity index (χ4v) is 3.42. The fourth-order valence-electron chi connectivity index (χ4n) is 3.42. The number of nitrogens with zero attached hydrogens (tertiary/aromatic N) is 1. The second-order valence-electron chi connectivity index (χ2n) is 6.50. The topological polar surface area (TPSA) is 77.5 Å². The number of anilines is 1. The number of fused-ring (bicyclic) bond motifs is 1. The van der Waals surface area contributed by atoms with Crippen molar-refractivity contribution >= 4 is 23.5 Å². The Morgan fingerprint density at radius 3 is 2.36 bits per heavy atom. The number of rotatable bonds is 4. The average molecular weight is 383 g/mol. The highest BCUT2D eigenvalue weighted by molar-refractivity contribution is 6.06. The maximum absolute atomic E-state index is 12.2. The van der Waals surface area contributed by atoms with E-state index in [1.54, 1.807) is 24.3 Å². The number of phenols is 1. The van der Waals surface area contributed by atoms with Gasteiger partial charge in [-0.1, -0.05) is 6.07 Å². The van der Waals surface area contributed by atoms with Gasteiger partial charge in [-0.2, -0.15) is 0 Å². The number of benzene rings is 2. The highest BCUT2D eigenvalue weighted by Gasteiger charge is 2.29. The molecule has 0 unspecified atom stereocenters. The van der Waals surface area contributed by atoms with Gasteiger partial charge in [0.25, 0.3) is 0 Å². The van der Waals surface area contributed by atoms with Crippen molar-refractivity contribution in [3.63, 3.8) is 0 Å². The zero-order valence-electron chi connectivity index (χ0n) is 15.7. The third kappa shape index (κ3) is 3.25. The molecule has 2 aromatic rings. The lowest BCUT2D eigenvalue weighted by Gasteiger charge is -2.29. The number of phenolic OH excluding ortho intramolecular Hbond substituents is 1. The Bertz CT molecular complexity index is 946. The average Bonchev–Trinajstić information content (AvgIpc) is 3.02. The number of hydrogen-bond donors (Lipinski definition) is 1. The molecule has 1 saturated heterocycles. The molecule has 2 aliphatic heterocycles. The summed E-state index contributed by atoms with van der Waals surface area (Å²) >= 11 is 0. The maximum atomic E-state index is 12.2. The third-order valence-electron chi connectivity index (χ3n) is 4.86. The predicted molar refractivity (Wildman–Crippen MR) is 104 cm³/mol. The molecule has 4 rings (SSSR count). The fraction of sp³-hybridized carbons (Fsp3) is 0.286. The van der Waals surface area contributed by atoms with Crippen molar-refractivity contribution in [3.05, 3.63) is 47.0 Å². The molecule has 2 aliphatic rings. The lowest BCUT2D eigenvalue weighted by Crippen LogP contribution is -2.36. The zero-order chi connectivity index (χ0) is 19.7. The molecule has 0 aromatic heterocycles. The largest absolute Gasteiger partial charge is 0.506 e. The molecule has 0 atom stereocenters. The third-order valence-corrected chi connectivity index (χ3v) is 4.86. The van der Waals surface area contributed by atoms with Crippen LogP contribution in [0.25, 0.3) is 11.8 Å². The smallest absolute Gasteiger partial charge is 0.344 e. The van der Waals surface area contributed by atoms with Crippen molar-refractivity contribution in [1.29, 1.82) is 0 Å². The summed E-state index contributed by atoms with van der Waals surface area (Å²) in [6.45, 7) is 2.76. The van der Waals surface area contributed by atoms with Gasteiger partial charge >= 0.3 is 5.97 Å². The van der Waals surface area contributed by atoms with Gasteiger partial charge in [0.05, 0.1) is 38.7 Å². The summed E-state index contributed by atoms with van der Waals surface area (Å²) < 4.78 is 21.3. The van der Waals surface area contributed by atoms with Crippen molar-refractivity contribution in [2.24, 2.45) is 0 Å². The lowest BCUT2D eigenvalue weighted by atomic mass is 10.0. The summed E-state index contributed by atoms with van der Waals surface area (Å²) in [4.78, 5) is 14.3. The van der Waals surface area contributed by atoms with Gasteiger partial charge in [-0.25, -0.2) is 4.79 Å². The minimum atomic E-state index is -0.448. The number of aromatic hydroxyl groups is 1. The number of morpholine rings is 1. The van der Waals surface area contributed by atoms with E-state index >= 15 is 0 Å². The van der Waals surface area contributed by atoms with E-state index in [1.165, 1.54) is 14.2 Å². The maximum Gasteiger partial charge on any atom is 0.344 e. The van der Waals surface area contributed by atoms with Crippen LogP contribution in [-0.2, 0) is 9.47 Å². The van der Waals surface area contributed by atoms with Crippen molar-refractivity contribution in [2.45, 2.75) is 0 Å². The first-order chi connectivity index (χ1) is 13.6. The Morgan fingerprint density at radius 1 is 1.04 bits per heavy atom. The second kappa shape index (κ2) is 7.44. The molecular weight excluding hydrogens is 362 g/mol. The van der Waals surface area contributed by atoms with Crippen molar-refractivity contribution in [3.8, 4) is 17.2 Å². The van der Waals surface area contributed by atoms with Gasteiger partial charge in [0, 0.05) is 18.7 Å². The van der Waals surface area contributed by atoms with Crippen molar-refractivity contribution in [1.82, 2.24) is 0 Å². The minimum Gasteiger partial charge on any atom is -0.506 e. The normalized spacial score (nSPS) is 17.4. The van der Waals surface area contributed by atoms with E-state index in [0.717, 1.165) is 24.3 Å². The summed E-state index contributed by atoms with van der Waals surface area (Å²) in [5, 5.41) is 10.5. The number of ether oxygens (including phenoxy) is 4. The van der Waals surface area contributed by atoms with E-state index in [2.05, 4.69) is 4.90 Å². The van der Waals surface area contributed by atoms with Gasteiger partial charge in [0.1, 0.15) is 11.5 Å². The van der Waals surface area contributed by atoms with Crippen LogP contribution >= 0.6 is 0 Å². The molecule has 0 radical (unpaired) electrons. The van der Waals surface area contributed by atoms with Gasteiger partial charge in [0.15, 0.2) is 11.5 Å². The number of methoxy groups -OCH3 is 2. The lowest BCUT2D eigenvalue weighted by molar-refractivity contribution is 0.0717. The number of esters is 1. The van der Waals surface area contributed by atoms with Crippen molar-refractivity contribution in [2.75, 3.05) is 45.4 Å². The predicted octanol–water partition coefficient (Wildman–Crippen LogP) is 2.91. The van der Waals surface area contributed by atoms with E-state index in [-0.39, 0.29) is 5.75 Å². The Hall–Kier alpha value is -3.19. The van der Waals surface area contributed by atoms with Crippen molar-refractivity contribution < 1.29 is 28.8 Å². The molecule has 0 spiro atoms. The standard InChI is InChI=1S/C21H21NO6/c1-25-19-11-14-15(12-20(19)26-2)21(24)28-18(14)10-13-3-4-16(17(23)9-13)22-5-7-27-8-6-22/h3-4,9-12,23H,5-8H2,1-2H3/b18-10+. The number of carbonyl (C=O) groups is 1. The number of carbonyl (C=O) groups excluding carboxylic acids is 1. The summed E-state index contributed by atoms with van der Waals surface area (Å²) in [6, 6.07) is 8.72. The van der Waals surface area contributed by atoms with Crippen LogP contribution in [0.1, 0.15) is 21.5 Å². The minimum absolute atomic E-state index is 0.174. The molecule has 2 aromatic carbocycles. The first-order valence-electron chi connectivity index (χ1n) is 8.96. The van der Waals surface area contributed by atoms with Crippen LogP contribution in [0, 0.1) is 0 Å². The zero-order valence-corrected chi connectivity index (χ0v) is 15.7. The van der Waals surface area contributed by atoms with E-state index in [4.69, 9.17) is 18.9 Å². The van der Waals surface area contributed by atoms with Gasteiger partial charge in [-0.3, -0.25) is 0 Å². The molecule has 0 aliphatic carbocycles. The molecule has 28 heavy (non-hydrogen) atoms. The molecule has 7 nitrogen and oxygen atoms in total. The molecular formula is C21H21NO6. The molecule has 1 N–H and O–H groups in total. The van der Waals surface area contributed by atoms with Crippen LogP contribution in [0.5, 0.6) is 17.2 Å². The summed E-state index contributed by atoms with van der Waals surface area (Å²) in [7, 11) is 3.05. The van der Waals surface area contributed by atoms with Crippen LogP contribution < -0.4 is 14.4 Å². The molecule has 0 amide bonds. The SMILES string of the molecule is COc1cc2c(cc1OC)/C(=C\c1ccc(N3CCOCC3)c(O)c1)OC2=O. The Morgan fingerprint density at radius 2 is 1.71 bits per heavy atom. The molecule has 7 heteroatoms. The van der Waals surface area contributed by atoms with Crippen LogP contribution in [0.4, 0.5) is 5.69 Å². The highest BCUT2D eigenvalue weighted by atomic mass is 16.5. The first-order valence-corrected chi connectivity index (χ1v) is 8.96. The van der Waals surface area contributed by atoms with E-state index in [0.29, 0.717) is 41.6 Å². The van der Waals surface area contributed by atoms with E-state index in [9.17, 15) is 9.90 Å². The molecule has 0 bridgehead atoms. The number of cyclic esters (lactones) is 1. The Kier molecular flexibility index (Phi) is 4.83. The van der Waals surface area contributed by atoms with Gasteiger partial charge in [-0.15, -0.1) is 0 Å². The molecule has 1 fully saturated rings. The summed E-state index contributed by atoms with van der Waals surface area (Å²) in [5.74, 6) is 1.10. The van der Waals surface area contributed by atoms with Gasteiger partial charge in [0.2, 0.25) is 0 Å². The molecule has 2 heterocycles. The summed E-state index contributed by atoms with van der Waals surface area (Å²) in [6.07, 6.45) is 1.72. The van der Waals surface area contributed by atoms with Gasteiger partial charge < -0.3 is 29.0 Å². The molecule has 146 valence electrons. The summed E-state index contributed by atoms with van der Waals surface area (Å²) in [5.41, 5.74) is 2.53.